The molecule has 1 aliphatic rings. The van der Waals surface area contributed by atoms with Gasteiger partial charge in [-0.1, -0.05) is 6.92 Å². The third-order valence-corrected chi connectivity index (χ3v) is 3.12. The molecule has 78 valence electrons. The smallest absolute Gasteiger partial charge is 0.0597 e. The molecule has 1 atom stereocenters. The topological polar surface area (TPSA) is 32.3 Å². The molecule has 0 aromatic heterocycles. The summed E-state index contributed by atoms with van der Waals surface area (Å²) in [6.45, 7) is 8.29. The average Bonchev–Trinajstić information content (AvgIpc) is 2.03. The van der Waals surface area contributed by atoms with Gasteiger partial charge in [-0.3, -0.25) is 0 Å². The van der Waals surface area contributed by atoms with Crippen molar-refractivity contribution in [2.45, 2.75) is 52.1 Å². The van der Waals surface area contributed by atoms with Crippen LogP contribution in [-0.2, 0) is 0 Å². The van der Waals surface area contributed by atoms with Gasteiger partial charge in [0.05, 0.1) is 5.60 Å². The third kappa shape index (κ3) is 3.28. The number of aliphatic hydroxyl groups is 1. The molecular formula is C11H23NO. The highest BCUT2D eigenvalue weighted by atomic mass is 16.3. The summed E-state index contributed by atoms with van der Waals surface area (Å²) in [4.78, 5) is 0. The molecule has 0 aliphatic carbocycles. The summed E-state index contributed by atoms with van der Waals surface area (Å²) in [6.07, 6.45) is 4.61. The first kappa shape index (κ1) is 11.0. The number of hydrogen-bond acceptors (Lipinski definition) is 2. The van der Waals surface area contributed by atoms with Crippen LogP contribution in [0.2, 0.25) is 0 Å². The molecule has 2 heteroatoms. The summed E-state index contributed by atoms with van der Waals surface area (Å²) in [5, 5.41) is 13.3. The van der Waals surface area contributed by atoms with E-state index >= 15 is 0 Å². The molecule has 0 bridgehead atoms. The molecule has 0 saturated carbocycles. The SMILES string of the molecule is CC[C@]1(CC(C)(C)O)CCCNC1. The molecule has 2 nitrogen and oxygen atoms in total. The second kappa shape index (κ2) is 3.97. The quantitative estimate of drug-likeness (QED) is 0.704. The first-order valence-electron chi connectivity index (χ1n) is 5.41. The Labute approximate surface area is 81.7 Å². The molecule has 0 amide bonds. The molecule has 1 fully saturated rings. The fourth-order valence-corrected chi connectivity index (χ4v) is 2.53. The Balaban J connectivity index is 2.57. The lowest BCUT2D eigenvalue weighted by atomic mass is 9.71. The van der Waals surface area contributed by atoms with Gasteiger partial charge < -0.3 is 10.4 Å². The average molecular weight is 185 g/mol. The van der Waals surface area contributed by atoms with Crippen LogP contribution in [0.1, 0.15) is 46.5 Å². The minimum Gasteiger partial charge on any atom is -0.390 e. The van der Waals surface area contributed by atoms with Crippen LogP contribution in [0, 0.1) is 5.41 Å². The highest BCUT2D eigenvalue weighted by molar-refractivity contribution is 4.89. The van der Waals surface area contributed by atoms with Gasteiger partial charge in [0, 0.05) is 6.54 Å². The molecule has 13 heavy (non-hydrogen) atoms. The zero-order valence-electron chi connectivity index (χ0n) is 9.19. The van der Waals surface area contributed by atoms with E-state index in [2.05, 4.69) is 12.2 Å². The molecule has 1 saturated heterocycles. The molecule has 0 aromatic rings. The Morgan fingerprint density at radius 1 is 1.46 bits per heavy atom. The van der Waals surface area contributed by atoms with Crippen LogP contribution in [0.3, 0.4) is 0 Å². The molecule has 1 rings (SSSR count). The molecule has 0 radical (unpaired) electrons. The normalized spacial score (nSPS) is 30.5. The number of nitrogens with one attached hydrogen (secondary N) is 1. The zero-order chi connectivity index (χ0) is 9.95. The first-order chi connectivity index (χ1) is 5.97. The van der Waals surface area contributed by atoms with Crippen LogP contribution in [0.5, 0.6) is 0 Å². The summed E-state index contributed by atoms with van der Waals surface area (Å²) in [6, 6.07) is 0. The van der Waals surface area contributed by atoms with Gasteiger partial charge >= 0.3 is 0 Å². The Bertz CT molecular complexity index is 154. The van der Waals surface area contributed by atoms with Crippen molar-refractivity contribution in [1.29, 1.82) is 0 Å². The fraction of sp³-hybridized carbons (Fsp3) is 1.00. The molecule has 0 unspecified atom stereocenters. The highest BCUT2D eigenvalue weighted by Crippen LogP contribution is 2.37. The van der Waals surface area contributed by atoms with Crippen molar-refractivity contribution in [2.75, 3.05) is 13.1 Å². The lowest BCUT2D eigenvalue weighted by Crippen LogP contribution is -2.43. The van der Waals surface area contributed by atoms with Gasteiger partial charge in [-0.15, -0.1) is 0 Å². The van der Waals surface area contributed by atoms with E-state index in [1.165, 1.54) is 19.3 Å². The standard InChI is InChI=1S/C11H23NO/c1-4-11(8-10(2,3)13)6-5-7-12-9-11/h12-13H,4-9H2,1-3H3/t11-/m1/s1. The van der Waals surface area contributed by atoms with Crippen LogP contribution in [-0.4, -0.2) is 23.8 Å². The summed E-state index contributed by atoms with van der Waals surface area (Å²) < 4.78 is 0. The number of rotatable bonds is 3. The number of hydrogen-bond donors (Lipinski definition) is 2. The summed E-state index contributed by atoms with van der Waals surface area (Å²) in [7, 11) is 0. The Kier molecular flexibility index (Phi) is 3.36. The summed E-state index contributed by atoms with van der Waals surface area (Å²) in [5.41, 5.74) is -0.175. The van der Waals surface area contributed by atoms with Crippen molar-refractivity contribution in [3.05, 3.63) is 0 Å². The van der Waals surface area contributed by atoms with Crippen molar-refractivity contribution in [3.8, 4) is 0 Å². The zero-order valence-corrected chi connectivity index (χ0v) is 9.19. The van der Waals surface area contributed by atoms with Crippen LogP contribution in [0.4, 0.5) is 0 Å². The second-order valence-electron chi connectivity index (χ2n) is 5.12. The van der Waals surface area contributed by atoms with Gasteiger partial charge in [0.15, 0.2) is 0 Å². The molecule has 1 heterocycles. The lowest BCUT2D eigenvalue weighted by molar-refractivity contribution is 0.00906. The van der Waals surface area contributed by atoms with Gasteiger partial charge in [0.1, 0.15) is 0 Å². The van der Waals surface area contributed by atoms with E-state index in [0.29, 0.717) is 5.41 Å². The fourth-order valence-electron chi connectivity index (χ4n) is 2.53. The monoisotopic (exact) mass is 185 g/mol. The maximum absolute atomic E-state index is 9.84. The molecular weight excluding hydrogens is 162 g/mol. The van der Waals surface area contributed by atoms with Crippen molar-refractivity contribution in [3.63, 3.8) is 0 Å². The van der Waals surface area contributed by atoms with E-state index < -0.39 is 5.60 Å². The predicted molar refractivity (Wildman–Crippen MR) is 55.7 cm³/mol. The lowest BCUT2D eigenvalue weighted by Gasteiger charge is -2.40. The van der Waals surface area contributed by atoms with Crippen molar-refractivity contribution in [2.24, 2.45) is 5.41 Å². The minimum absolute atomic E-state index is 0.344. The van der Waals surface area contributed by atoms with Crippen molar-refractivity contribution in [1.82, 2.24) is 5.32 Å². The molecule has 0 aromatic carbocycles. The van der Waals surface area contributed by atoms with Gasteiger partial charge in [-0.25, -0.2) is 0 Å². The van der Waals surface area contributed by atoms with Gasteiger partial charge in [0.2, 0.25) is 0 Å². The van der Waals surface area contributed by atoms with Crippen LogP contribution in [0.15, 0.2) is 0 Å². The van der Waals surface area contributed by atoms with Crippen LogP contribution < -0.4 is 5.32 Å². The van der Waals surface area contributed by atoms with Crippen molar-refractivity contribution >= 4 is 0 Å². The van der Waals surface area contributed by atoms with E-state index in [-0.39, 0.29) is 0 Å². The van der Waals surface area contributed by atoms with E-state index in [1.54, 1.807) is 0 Å². The largest absolute Gasteiger partial charge is 0.390 e. The van der Waals surface area contributed by atoms with Crippen LogP contribution >= 0.6 is 0 Å². The Morgan fingerprint density at radius 2 is 2.15 bits per heavy atom. The van der Waals surface area contributed by atoms with Gasteiger partial charge in [0.25, 0.3) is 0 Å². The molecule has 2 N–H and O–H groups in total. The minimum atomic E-state index is -0.519. The maximum atomic E-state index is 9.84. The predicted octanol–water partition coefficient (Wildman–Crippen LogP) is 1.93. The van der Waals surface area contributed by atoms with Crippen molar-refractivity contribution < 1.29 is 5.11 Å². The van der Waals surface area contributed by atoms with Gasteiger partial charge in [-0.2, -0.15) is 0 Å². The molecule has 0 spiro atoms. The van der Waals surface area contributed by atoms with Crippen LogP contribution in [0.25, 0.3) is 0 Å². The highest BCUT2D eigenvalue weighted by Gasteiger charge is 2.34. The molecule has 1 aliphatic heterocycles. The van der Waals surface area contributed by atoms with E-state index in [0.717, 1.165) is 19.5 Å². The summed E-state index contributed by atoms with van der Waals surface area (Å²) >= 11 is 0. The number of piperidine rings is 1. The van der Waals surface area contributed by atoms with E-state index in [1.807, 2.05) is 13.8 Å². The van der Waals surface area contributed by atoms with E-state index in [9.17, 15) is 5.11 Å². The first-order valence-corrected chi connectivity index (χ1v) is 5.41. The Morgan fingerprint density at radius 3 is 2.54 bits per heavy atom. The maximum Gasteiger partial charge on any atom is 0.0597 e. The third-order valence-electron chi connectivity index (χ3n) is 3.12. The van der Waals surface area contributed by atoms with E-state index in [4.69, 9.17) is 0 Å². The second-order valence-corrected chi connectivity index (χ2v) is 5.12. The van der Waals surface area contributed by atoms with Gasteiger partial charge in [-0.05, 0) is 51.5 Å². The summed E-state index contributed by atoms with van der Waals surface area (Å²) in [5.74, 6) is 0. The Hall–Kier alpha value is -0.0800.